The molecular formula is C65H89N13O12S. The number of H-pyrrole nitrogens is 2. The van der Waals surface area contributed by atoms with Crippen LogP contribution in [-0.4, -0.2) is 153 Å². The van der Waals surface area contributed by atoms with Crippen LogP contribution < -0.4 is 58.9 Å². The number of aliphatic carboxylic acids is 1. The molecule has 0 bridgehead atoms. The van der Waals surface area contributed by atoms with Crippen LogP contribution in [0.25, 0.3) is 21.8 Å². The molecule has 0 saturated carbocycles. The number of carboxylic acid groups (broad SMARTS) is 1. The molecule has 1 aliphatic rings. The molecule has 15 N–H and O–H groups in total. The summed E-state index contributed by atoms with van der Waals surface area (Å²) in [7, 11) is 0. The first-order valence-electron chi connectivity index (χ1n) is 31.2. The summed E-state index contributed by atoms with van der Waals surface area (Å²) in [5, 5.41) is 38.8. The highest BCUT2D eigenvalue weighted by Gasteiger charge is 2.37. The maximum atomic E-state index is 14.8. The number of thiol groups is 1. The standard InChI is InChI=1S/C65H89N13O12S/c1-6-38(4)56-64(88)77-53(36-91)63(87)71-39(5)57(81)72-50(31-41-34-69-46-24-14-12-21-43(41)46)61(85)76-52(65(89)90)33-55(80)68-27-17-8-11-26-54(79)67-28-18-16-23-45(66)58(82)73-51(32-42-35-70-47-25-15-13-22-44(42)47)60(84)75-49(30-40-19-9-7-10-20-40)59(83)74-48(29-37(2)3)62(86)78-56/h7,9-10,12-15,19-22,24-25,34-35,37-39,45,48-53,56,69-70,91H,6,8,11,16-18,23,26-33,36,66H2,1-5H3,(H,67,79)(H,68,80)(H,71,87)(H,72,81)(H,73,82)(H,74,83)(H,75,84)(H,76,85)(H,77,88)(H,78,86)(H,89,90)/t38-,39-,45-,48-,49-,50-,51-,52-,53-,56-/m0/s1. The molecule has 0 spiro atoms. The number of hydrogen-bond donors (Lipinski definition) is 15. The quantitative estimate of drug-likeness (QED) is 0.0799. The summed E-state index contributed by atoms with van der Waals surface area (Å²) in [4.78, 5) is 159. The molecular weight excluding hydrogens is 1190 g/mol. The van der Waals surface area contributed by atoms with Crippen LogP contribution in [-0.2, 0) is 72.0 Å². The van der Waals surface area contributed by atoms with Crippen molar-refractivity contribution in [1.82, 2.24) is 63.1 Å². The Labute approximate surface area is 535 Å². The van der Waals surface area contributed by atoms with Gasteiger partial charge in [0.2, 0.25) is 59.1 Å². The van der Waals surface area contributed by atoms with Gasteiger partial charge in [0.1, 0.15) is 48.3 Å². The molecule has 3 aromatic carbocycles. The van der Waals surface area contributed by atoms with Crippen LogP contribution in [0.2, 0.25) is 0 Å². The number of hydrogen-bond acceptors (Lipinski definition) is 13. The van der Waals surface area contributed by atoms with E-state index in [1.165, 1.54) is 6.92 Å². The van der Waals surface area contributed by atoms with Gasteiger partial charge in [-0.25, -0.2) is 4.79 Å². The van der Waals surface area contributed by atoms with Crippen LogP contribution in [0.4, 0.5) is 0 Å². The van der Waals surface area contributed by atoms with Crippen LogP contribution in [0.5, 0.6) is 0 Å². The van der Waals surface area contributed by atoms with Gasteiger partial charge in [-0.1, -0.05) is 107 Å². The first-order valence-corrected chi connectivity index (χ1v) is 31.9. The normalized spacial score (nSPS) is 24.3. The van der Waals surface area contributed by atoms with E-state index in [-0.39, 0.29) is 62.6 Å². The minimum Gasteiger partial charge on any atom is -0.480 e. The maximum Gasteiger partial charge on any atom is 0.326 e. The fourth-order valence-corrected chi connectivity index (χ4v) is 10.9. The molecule has 0 unspecified atom stereocenters. The zero-order chi connectivity index (χ0) is 66.1. The number of carbonyl (C=O) groups excluding carboxylic acids is 10. The van der Waals surface area contributed by atoms with Gasteiger partial charge in [-0.2, -0.15) is 12.6 Å². The second kappa shape index (κ2) is 35.6. The summed E-state index contributed by atoms with van der Waals surface area (Å²) >= 11 is 4.35. The smallest absolute Gasteiger partial charge is 0.326 e. The van der Waals surface area contributed by atoms with Gasteiger partial charge in [-0.3, -0.25) is 47.9 Å². The lowest BCUT2D eigenvalue weighted by atomic mass is 9.96. The molecule has 1 saturated heterocycles. The third kappa shape index (κ3) is 22.0. The lowest BCUT2D eigenvalue weighted by Gasteiger charge is -2.30. The van der Waals surface area contributed by atoms with E-state index in [0.29, 0.717) is 61.8 Å². The summed E-state index contributed by atoms with van der Waals surface area (Å²) < 4.78 is 0. The first-order chi connectivity index (χ1) is 43.5. The number of rotatable bonds is 12. The molecule has 26 heteroatoms. The van der Waals surface area contributed by atoms with Gasteiger partial charge in [-0.15, -0.1) is 0 Å². The van der Waals surface area contributed by atoms with Crippen LogP contribution in [0.3, 0.4) is 0 Å². The highest BCUT2D eigenvalue weighted by Crippen LogP contribution is 2.22. The number of benzene rings is 3. The summed E-state index contributed by atoms with van der Waals surface area (Å²) in [6.45, 7) is 8.99. The molecule has 492 valence electrons. The molecule has 5 aromatic rings. The molecule has 10 amide bonds. The van der Waals surface area contributed by atoms with Gasteiger partial charge in [-0.05, 0) is 86.1 Å². The second-order valence-corrected chi connectivity index (χ2v) is 24.1. The molecule has 25 nitrogen and oxygen atoms in total. The number of fused-ring (bicyclic) bond motifs is 2. The van der Waals surface area contributed by atoms with Gasteiger partial charge in [0.05, 0.1) is 12.5 Å². The Morgan fingerprint density at radius 2 is 1.04 bits per heavy atom. The number of para-hydroxylation sites is 2. The monoisotopic (exact) mass is 1280 g/mol. The molecule has 91 heavy (non-hydrogen) atoms. The van der Waals surface area contributed by atoms with Crippen LogP contribution >= 0.6 is 12.6 Å². The largest absolute Gasteiger partial charge is 0.480 e. The Kier molecular flexibility index (Phi) is 27.9. The maximum absolute atomic E-state index is 14.8. The lowest BCUT2D eigenvalue weighted by Crippen LogP contribution is -2.61. The van der Waals surface area contributed by atoms with E-state index in [0.717, 1.165) is 21.8 Å². The molecule has 3 heterocycles. The van der Waals surface area contributed by atoms with Crippen molar-refractivity contribution in [2.45, 2.75) is 172 Å². The number of nitrogens with one attached hydrogen (secondary N) is 12. The zero-order valence-electron chi connectivity index (χ0n) is 52.3. The van der Waals surface area contributed by atoms with Gasteiger partial charge in [0, 0.05) is 78.7 Å². The highest BCUT2D eigenvalue weighted by atomic mass is 32.1. The topological polar surface area (TPSA) is 386 Å². The van der Waals surface area contributed by atoms with E-state index in [1.807, 2.05) is 44.2 Å². The van der Waals surface area contributed by atoms with Crippen LogP contribution in [0.15, 0.2) is 91.3 Å². The second-order valence-electron chi connectivity index (χ2n) is 23.8. The van der Waals surface area contributed by atoms with Gasteiger partial charge in [0.25, 0.3) is 0 Å². The van der Waals surface area contributed by atoms with Crippen molar-refractivity contribution in [3.05, 3.63) is 108 Å². The Morgan fingerprint density at radius 1 is 0.549 bits per heavy atom. The summed E-state index contributed by atoms with van der Waals surface area (Å²) in [6, 6.07) is 11.5. The first kappa shape index (κ1) is 71.3. The van der Waals surface area contributed by atoms with E-state index in [9.17, 15) is 57.8 Å². The third-order valence-electron chi connectivity index (χ3n) is 16.1. The zero-order valence-corrected chi connectivity index (χ0v) is 53.2. The van der Waals surface area contributed by atoms with Crippen molar-refractivity contribution in [3.63, 3.8) is 0 Å². The minimum absolute atomic E-state index is 0.00317. The molecule has 0 aliphatic carbocycles. The molecule has 10 atom stereocenters. The predicted octanol–water partition coefficient (Wildman–Crippen LogP) is 2.38. The van der Waals surface area contributed by atoms with E-state index in [1.54, 1.807) is 74.8 Å². The molecule has 1 aliphatic heterocycles. The van der Waals surface area contributed by atoms with Crippen molar-refractivity contribution in [3.8, 4) is 0 Å². The number of carbonyl (C=O) groups is 11. The van der Waals surface area contributed by atoms with Crippen molar-refractivity contribution < 1.29 is 57.8 Å². The van der Waals surface area contributed by atoms with Crippen molar-refractivity contribution >= 4 is 99.5 Å². The highest BCUT2D eigenvalue weighted by molar-refractivity contribution is 7.80. The Balaban J connectivity index is 1.26. The van der Waals surface area contributed by atoms with E-state index in [4.69, 9.17) is 5.73 Å². The van der Waals surface area contributed by atoms with Gasteiger partial charge >= 0.3 is 5.97 Å². The van der Waals surface area contributed by atoms with Crippen LogP contribution in [0, 0.1) is 11.8 Å². The average Bonchev–Trinajstić information content (AvgIpc) is 1.88. The third-order valence-corrected chi connectivity index (χ3v) is 16.5. The molecule has 2 aromatic heterocycles. The van der Waals surface area contributed by atoms with Crippen molar-refractivity contribution in [2.75, 3.05) is 18.8 Å². The van der Waals surface area contributed by atoms with Crippen molar-refractivity contribution in [2.24, 2.45) is 17.6 Å². The number of carboxylic acids is 1. The van der Waals surface area contributed by atoms with Gasteiger partial charge < -0.3 is 74.0 Å². The van der Waals surface area contributed by atoms with Gasteiger partial charge in [0.15, 0.2) is 0 Å². The number of aromatic amines is 2. The molecule has 1 fully saturated rings. The summed E-state index contributed by atoms with van der Waals surface area (Å²) in [6.07, 6.45) is 5.84. The Bertz CT molecular complexity index is 3320. The van der Waals surface area contributed by atoms with E-state index in [2.05, 4.69) is 75.8 Å². The van der Waals surface area contributed by atoms with Crippen molar-refractivity contribution in [1.29, 1.82) is 0 Å². The predicted molar refractivity (Wildman–Crippen MR) is 347 cm³/mol. The average molecular weight is 1280 g/mol. The fraction of sp³-hybridized carbons (Fsp3) is 0.492. The number of nitrogens with two attached hydrogens (primary N) is 1. The Morgan fingerprint density at radius 3 is 1.63 bits per heavy atom. The van der Waals surface area contributed by atoms with Crippen LogP contribution in [0.1, 0.15) is 116 Å². The fourth-order valence-electron chi connectivity index (χ4n) is 10.6. The molecule has 0 radical (unpaired) electrons. The Hall–Kier alpha value is -8.78. The van der Waals surface area contributed by atoms with E-state index >= 15 is 0 Å². The lowest BCUT2D eigenvalue weighted by molar-refractivity contribution is -0.144. The number of amides is 10. The van der Waals surface area contributed by atoms with E-state index < -0.39 is 126 Å². The summed E-state index contributed by atoms with van der Waals surface area (Å²) in [5.74, 6) is -9.62. The molecule has 6 rings (SSSR count). The number of aromatic nitrogens is 2. The minimum atomic E-state index is -1.71. The SMILES string of the molecule is CC[C@H](C)[C@@H]1NC(=O)[C@H](CC(C)C)NC(=O)[C@H](Cc2ccccc2)NC(=O)[C@H](Cc2c[nH]c3ccccc23)NC(=O)[C@@H](N)CCCCNC(=O)CCCCCNC(=O)C[C@@H](C(=O)O)NC(=O)[C@H](Cc2c[nH]c3ccccc23)NC(=O)[C@H](C)NC(=O)[C@H](CS)NC1=O. The summed E-state index contributed by atoms with van der Waals surface area (Å²) in [5.41, 5.74) is 9.93.